The topological polar surface area (TPSA) is 228 Å². The number of rotatable bonds is 11. The zero-order valence-electron chi connectivity index (χ0n) is 45.7. The Balaban J connectivity index is 0.000000158. The van der Waals surface area contributed by atoms with Gasteiger partial charge in [0.15, 0.2) is 28.4 Å². The van der Waals surface area contributed by atoms with Crippen LogP contribution in [0.15, 0.2) is 128 Å². The molecule has 0 radical (unpaired) electrons. The molecule has 5 heterocycles. The number of quaternary nitrogens is 2. The first kappa shape index (κ1) is 62.9. The lowest BCUT2D eigenvalue weighted by Crippen LogP contribution is -3.05. The van der Waals surface area contributed by atoms with Gasteiger partial charge in [0.25, 0.3) is 0 Å². The van der Waals surface area contributed by atoms with Gasteiger partial charge in [-0.15, -0.1) is 0 Å². The number of nitrogens with two attached hydrogens (primary N) is 5. The predicted octanol–water partition coefficient (Wildman–Crippen LogP) is 10.7. The first-order chi connectivity index (χ1) is 38.5. The number of halogens is 6. The minimum absolute atomic E-state index is 0.0737. The normalized spacial score (nSPS) is 13.5. The summed E-state index contributed by atoms with van der Waals surface area (Å²) in [6, 6.07) is 32.9. The van der Waals surface area contributed by atoms with Crippen molar-refractivity contribution in [2.75, 3.05) is 127 Å². The molecule has 0 bridgehead atoms. The number of para-hydroxylation sites is 2. The molecule has 1 amide bonds. The van der Waals surface area contributed by atoms with Gasteiger partial charge in [0.2, 0.25) is 5.95 Å². The number of hydrogen-bond acceptors (Lipinski definition) is 14. The molecule has 7 aromatic rings. The van der Waals surface area contributed by atoms with Gasteiger partial charge in [0, 0.05) is 104 Å². The van der Waals surface area contributed by atoms with E-state index in [0.717, 1.165) is 73.2 Å². The zero-order valence-corrected chi connectivity index (χ0v) is 51.9. The van der Waals surface area contributed by atoms with Crippen LogP contribution in [0.2, 0.25) is 30.3 Å². The summed E-state index contributed by atoms with van der Waals surface area (Å²) in [6.07, 6.45) is 3.98. The van der Waals surface area contributed by atoms with Gasteiger partial charge in [-0.2, -0.15) is 9.98 Å². The fourth-order valence-corrected chi connectivity index (χ4v) is 12.0. The minimum Gasteiger partial charge on any atom is -0.383 e. The molecule has 0 saturated carbocycles. The lowest BCUT2D eigenvalue weighted by Gasteiger charge is -2.34. The Morgan fingerprint density at radius 2 is 1.19 bits per heavy atom. The average molecular weight is 1260 g/mol. The predicted molar refractivity (Wildman–Crippen MR) is 340 cm³/mol. The molecule has 3 aliphatic rings. The van der Waals surface area contributed by atoms with Crippen LogP contribution in [0, 0.1) is 0 Å². The third-order valence-corrected chi connectivity index (χ3v) is 16.7. The number of carbonyl (C=O) groups excluding carboxylic acids is 1. The largest absolute Gasteiger partial charge is 0.383 e. The number of anilines is 8. The lowest BCUT2D eigenvalue weighted by atomic mass is 10.1. The minimum atomic E-state index is -0.832. The molecule has 428 valence electrons. The molecule has 5 aromatic carbocycles. The van der Waals surface area contributed by atoms with E-state index in [2.05, 4.69) is 160 Å². The molecule has 2 aromatic heterocycles. The van der Waals surface area contributed by atoms with Crippen molar-refractivity contribution in [1.29, 1.82) is 0 Å². The molecule has 11 N–H and O–H groups in total. The Morgan fingerprint density at radius 3 is 1.72 bits per heavy atom. The van der Waals surface area contributed by atoms with Crippen LogP contribution in [-0.4, -0.2) is 136 Å². The number of amides is 1. The fraction of sp³-hybridized carbons (Fsp3) is 0.286. The van der Waals surface area contributed by atoms with Gasteiger partial charge in [0.05, 0.1) is 81.1 Å². The van der Waals surface area contributed by atoms with E-state index in [0.29, 0.717) is 38.0 Å². The molecule has 3 aliphatic heterocycles. The molecular formula is C56H66Cl6N16OS2+2. The summed E-state index contributed by atoms with van der Waals surface area (Å²) in [7, 11) is 13.2. The molecule has 0 spiro atoms. The van der Waals surface area contributed by atoms with Crippen LogP contribution in [0.3, 0.4) is 0 Å². The molecule has 81 heavy (non-hydrogen) atoms. The van der Waals surface area contributed by atoms with Gasteiger partial charge in [-0.3, -0.25) is 4.79 Å². The zero-order chi connectivity index (χ0) is 58.7. The number of nitrogens with zero attached hydrogens (tertiary/aromatic N) is 10. The van der Waals surface area contributed by atoms with Crippen molar-refractivity contribution in [1.82, 2.24) is 24.8 Å². The smallest absolute Gasteiger partial charge is 0.302 e. The van der Waals surface area contributed by atoms with Gasteiger partial charge in [-0.1, -0.05) is 117 Å². The van der Waals surface area contributed by atoms with Crippen molar-refractivity contribution in [3.63, 3.8) is 0 Å². The number of carbonyl (C=O) groups is 1. The second-order valence-corrected chi connectivity index (χ2v) is 24.9. The molecule has 1 fully saturated rings. The van der Waals surface area contributed by atoms with E-state index < -0.39 is 11.9 Å². The summed E-state index contributed by atoms with van der Waals surface area (Å²) >= 11 is 40.0. The first-order valence-corrected chi connectivity index (χ1v) is 29.6. The van der Waals surface area contributed by atoms with E-state index in [1.807, 2.05) is 35.7 Å². The highest BCUT2D eigenvalue weighted by atomic mass is 35.5. The Labute approximate surface area is 512 Å². The third kappa shape index (κ3) is 17.2. The van der Waals surface area contributed by atoms with E-state index in [1.54, 1.807) is 18.3 Å². The summed E-state index contributed by atoms with van der Waals surface area (Å²) < 4.78 is 0.993. The van der Waals surface area contributed by atoms with Gasteiger partial charge in [-0.05, 0) is 79.8 Å². The lowest BCUT2D eigenvalue weighted by molar-refractivity contribution is -0.870. The number of aromatic nitrogens is 4. The summed E-state index contributed by atoms with van der Waals surface area (Å²) in [5.74, 6) is -0.517. The quantitative estimate of drug-likeness (QED) is 0.0306. The summed E-state index contributed by atoms with van der Waals surface area (Å²) in [6.45, 7) is 8.06. The summed E-state index contributed by atoms with van der Waals surface area (Å²) in [4.78, 5) is 46.5. The molecule has 0 aliphatic carbocycles. The highest BCUT2D eigenvalue weighted by molar-refractivity contribution is 8.00. The molecular weight excluding hydrogens is 1190 g/mol. The average Bonchev–Trinajstić information content (AvgIpc) is 3.60. The molecule has 1 saturated heterocycles. The van der Waals surface area contributed by atoms with Crippen molar-refractivity contribution in [2.24, 2.45) is 16.5 Å². The SMILES string of the molecule is CN1CCN(c2ncc(-c3cc(Cl)cc(Cl)c3Cl)c(N)n2)CC1.C[N+](C)(C)CCCN1c2ccccc2Sc2ccc(Cl)cc21.C[NH+](C)CCCN1c2ccccc2Sc2ccc(Cl)cc21.NC(N)=NC(=O)c1nc(Cl)c(N)nc1N. The summed E-state index contributed by atoms with van der Waals surface area (Å²) in [5.41, 5.74) is 32.9. The van der Waals surface area contributed by atoms with E-state index in [-0.39, 0.29) is 22.5 Å². The Kier molecular flexibility index (Phi) is 22.2. The Morgan fingerprint density at radius 1 is 0.642 bits per heavy atom. The Hall–Kier alpha value is -5.68. The maximum absolute atomic E-state index is 11.3. The van der Waals surface area contributed by atoms with E-state index in [9.17, 15) is 4.79 Å². The number of benzene rings is 5. The van der Waals surface area contributed by atoms with Crippen molar-refractivity contribution in [3.05, 3.63) is 139 Å². The molecule has 10 rings (SSSR count). The van der Waals surface area contributed by atoms with Crippen molar-refractivity contribution >= 4 is 151 Å². The van der Waals surface area contributed by atoms with Gasteiger partial charge in [-0.25, -0.2) is 15.0 Å². The van der Waals surface area contributed by atoms with E-state index in [4.69, 9.17) is 98.3 Å². The van der Waals surface area contributed by atoms with E-state index in [1.165, 1.54) is 53.8 Å². The number of fused-ring (bicyclic) bond motifs is 4. The van der Waals surface area contributed by atoms with Crippen LogP contribution < -0.4 is 48.3 Å². The van der Waals surface area contributed by atoms with Gasteiger partial charge in [0.1, 0.15) is 5.82 Å². The second kappa shape index (κ2) is 28.5. The van der Waals surface area contributed by atoms with Crippen LogP contribution in [0.25, 0.3) is 11.1 Å². The monoisotopic (exact) mass is 1250 g/mol. The van der Waals surface area contributed by atoms with Crippen LogP contribution in [0.5, 0.6) is 0 Å². The van der Waals surface area contributed by atoms with E-state index >= 15 is 0 Å². The standard InChI is InChI=1S/C18H22ClN2S.C17H19ClN2S.C15H16Cl3N5.C6H8ClN7O/c1-21(2,3)12-6-11-20-15-7-4-5-8-17(15)22-18-10-9-14(19)13-16(18)20;1-19(2)10-5-11-20-14-6-3-4-7-16(14)21-17-9-8-13(18)12-15(17)20;1-22-2-4-23(5-3-22)15-20-8-11(14(19)21-15)10-6-9(16)7-12(17)13(10)18;7-2-4(9)13-3(8)1(12-2)5(15)14-6(10)11/h4-5,7-10,13H,6,11-12H2,1-3H3;3-4,6-9,12H,5,10-11H2,1-2H3;6-8H,2-5H2,1H3,(H2,19,20,21);(H4,8,9,13)(H4,10,11,14,15)/q+1;;;/p+1. The van der Waals surface area contributed by atoms with Crippen LogP contribution in [-0.2, 0) is 0 Å². The van der Waals surface area contributed by atoms with Gasteiger partial charge >= 0.3 is 5.91 Å². The molecule has 0 unspecified atom stereocenters. The number of piperazine rings is 1. The second-order valence-electron chi connectivity index (χ2n) is 20.3. The number of nitrogens with one attached hydrogen (secondary N) is 1. The Bertz CT molecular complexity index is 3380. The maximum atomic E-state index is 11.3. The first-order valence-electron chi connectivity index (χ1n) is 25.7. The van der Waals surface area contributed by atoms with Gasteiger partial charge < -0.3 is 57.7 Å². The van der Waals surface area contributed by atoms with Crippen molar-refractivity contribution in [2.45, 2.75) is 32.4 Å². The maximum Gasteiger partial charge on any atom is 0.302 e. The van der Waals surface area contributed by atoms with Crippen molar-refractivity contribution in [3.8, 4) is 11.1 Å². The molecule has 0 atom stereocenters. The fourth-order valence-electron chi connectivity index (χ4n) is 8.65. The molecule has 25 heteroatoms. The molecule has 17 nitrogen and oxygen atoms in total. The number of aliphatic imine (C=N–C) groups is 1. The number of hydrogen-bond donors (Lipinski definition) is 6. The summed E-state index contributed by atoms with van der Waals surface area (Å²) in [5, 5.41) is 2.71. The number of guanidine groups is 1. The van der Waals surface area contributed by atoms with Crippen LogP contribution in [0.1, 0.15) is 23.3 Å². The van der Waals surface area contributed by atoms with Crippen LogP contribution in [0.4, 0.5) is 46.2 Å². The van der Waals surface area contributed by atoms with Crippen LogP contribution >= 0.6 is 93.1 Å². The van der Waals surface area contributed by atoms with Crippen molar-refractivity contribution < 1.29 is 14.2 Å². The third-order valence-electron chi connectivity index (χ3n) is 12.7. The highest BCUT2D eigenvalue weighted by Gasteiger charge is 2.26. The number of nitrogen functional groups attached to an aromatic ring is 3. The highest BCUT2D eigenvalue weighted by Crippen LogP contribution is 2.50. The number of likely N-dealkylation sites (N-methyl/N-ethyl adjacent to an activating group) is 1.